The SMILES string of the molecule is COc1ccc([C@H](C)N=Cc2ccccc2)c(OC)c1. The van der Waals surface area contributed by atoms with Gasteiger partial charge in [-0.25, -0.2) is 0 Å². The van der Waals surface area contributed by atoms with Crippen molar-refractivity contribution in [2.45, 2.75) is 13.0 Å². The third kappa shape index (κ3) is 3.38. The van der Waals surface area contributed by atoms with E-state index in [0.29, 0.717) is 0 Å². The molecule has 0 radical (unpaired) electrons. The van der Waals surface area contributed by atoms with Gasteiger partial charge >= 0.3 is 0 Å². The van der Waals surface area contributed by atoms with Crippen LogP contribution >= 0.6 is 0 Å². The number of nitrogens with zero attached hydrogens (tertiary/aromatic N) is 1. The molecule has 0 saturated heterocycles. The second-order valence-electron chi connectivity index (χ2n) is 4.47. The second-order valence-corrected chi connectivity index (χ2v) is 4.47. The number of benzene rings is 2. The molecular formula is C17H19NO2. The van der Waals surface area contributed by atoms with E-state index in [9.17, 15) is 0 Å². The fraction of sp³-hybridized carbons (Fsp3) is 0.235. The van der Waals surface area contributed by atoms with Crippen LogP contribution in [0.3, 0.4) is 0 Å². The van der Waals surface area contributed by atoms with Crippen molar-refractivity contribution < 1.29 is 9.47 Å². The summed E-state index contributed by atoms with van der Waals surface area (Å²) in [5.74, 6) is 1.58. The van der Waals surface area contributed by atoms with Gasteiger partial charge in [0.05, 0.1) is 20.3 Å². The zero-order valence-corrected chi connectivity index (χ0v) is 12.0. The second kappa shape index (κ2) is 6.75. The van der Waals surface area contributed by atoms with Crippen molar-refractivity contribution in [3.8, 4) is 11.5 Å². The summed E-state index contributed by atoms with van der Waals surface area (Å²) in [4.78, 5) is 4.58. The number of rotatable bonds is 5. The Morgan fingerprint density at radius 2 is 1.75 bits per heavy atom. The van der Waals surface area contributed by atoms with Gasteiger partial charge in [-0.1, -0.05) is 30.3 Å². The number of ether oxygens (including phenoxy) is 2. The molecule has 0 bridgehead atoms. The Labute approximate surface area is 119 Å². The minimum atomic E-state index is 0.0241. The van der Waals surface area contributed by atoms with Crippen molar-refractivity contribution in [3.05, 3.63) is 59.7 Å². The van der Waals surface area contributed by atoms with E-state index in [1.54, 1.807) is 14.2 Å². The summed E-state index contributed by atoms with van der Waals surface area (Å²) in [6.07, 6.45) is 1.88. The fourth-order valence-corrected chi connectivity index (χ4v) is 1.98. The van der Waals surface area contributed by atoms with Crippen LogP contribution in [0.25, 0.3) is 0 Å². The van der Waals surface area contributed by atoms with E-state index in [1.165, 1.54) is 0 Å². The average Bonchev–Trinajstić information content (AvgIpc) is 2.52. The molecule has 2 aromatic carbocycles. The van der Waals surface area contributed by atoms with E-state index in [1.807, 2.05) is 61.7 Å². The molecule has 0 heterocycles. The molecule has 2 aromatic rings. The third-order valence-corrected chi connectivity index (χ3v) is 3.14. The molecule has 104 valence electrons. The van der Waals surface area contributed by atoms with Crippen LogP contribution in [0.2, 0.25) is 0 Å². The minimum Gasteiger partial charge on any atom is -0.497 e. The van der Waals surface area contributed by atoms with Crippen molar-refractivity contribution in [1.29, 1.82) is 0 Å². The lowest BCUT2D eigenvalue weighted by Crippen LogP contribution is -1.97. The highest BCUT2D eigenvalue weighted by Gasteiger charge is 2.10. The van der Waals surface area contributed by atoms with Crippen LogP contribution in [-0.4, -0.2) is 20.4 Å². The lowest BCUT2D eigenvalue weighted by Gasteiger charge is -2.13. The summed E-state index contributed by atoms with van der Waals surface area (Å²) in [7, 11) is 3.30. The molecule has 0 amide bonds. The van der Waals surface area contributed by atoms with Crippen LogP contribution < -0.4 is 9.47 Å². The molecular weight excluding hydrogens is 250 g/mol. The van der Waals surface area contributed by atoms with E-state index in [0.717, 1.165) is 22.6 Å². The van der Waals surface area contributed by atoms with Gasteiger partial charge in [0.25, 0.3) is 0 Å². The number of aliphatic imine (C=N–C) groups is 1. The smallest absolute Gasteiger partial charge is 0.127 e. The van der Waals surface area contributed by atoms with Crippen LogP contribution in [0.15, 0.2) is 53.5 Å². The van der Waals surface area contributed by atoms with Gasteiger partial charge in [0, 0.05) is 17.8 Å². The van der Waals surface area contributed by atoms with Crippen molar-refractivity contribution in [1.82, 2.24) is 0 Å². The number of hydrogen-bond donors (Lipinski definition) is 0. The molecule has 0 aliphatic rings. The molecule has 1 atom stereocenters. The highest BCUT2D eigenvalue weighted by molar-refractivity contribution is 5.79. The van der Waals surface area contributed by atoms with Crippen molar-refractivity contribution in [2.75, 3.05) is 14.2 Å². The Morgan fingerprint density at radius 3 is 2.40 bits per heavy atom. The van der Waals surface area contributed by atoms with Crippen molar-refractivity contribution in [3.63, 3.8) is 0 Å². The average molecular weight is 269 g/mol. The first kappa shape index (κ1) is 14.1. The maximum atomic E-state index is 5.41. The summed E-state index contributed by atoms with van der Waals surface area (Å²) >= 11 is 0. The maximum absolute atomic E-state index is 5.41. The highest BCUT2D eigenvalue weighted by Crippen LogP contribution is 2.31. The number of hydrogen-bond acceptors (Lipinski definition) is 3. The molecule has 0 aromatic heterocycles. The van der Waals surface area contributed by atoms with Crippen molar-refractivity contribution in [2.24, 2.45) is 4.99 Å². The molecule has 0 spiro atoms. The molecule has 20 heavy (non-hydrogen) atoms. The van der Waals surface area contributed by atoms with Gasteiger partial charge in [0.2, 0.25) is 0 Å². The molecule has 0 saturated carbocycles. The minimum absolute atomic E-state index is 0.0241. The Balaban J connectivity index is 2.20. The van der Waals surface area contributed by atoms with Crippen LogP contribution in [0, 0.1) is 0 Å². The standard InChI is InChI=1S/C17H19NO2/c1-13(18-12-14-7-5-4-6-8-14)16-10-9-15(19-2)11-17(16)20-3/h4-13H,1-3H3/t13-/m0/s1. The molecule has 3 heteroatoms. The van der Waals surface area contributed by atoms with Gasteiger partial charge in [-0.3, -0.25) is 4.99 Å². The normalized spacial score (nSPS) is 12.3. The van der Waals surface area contributed by atoms with Gasteiger partial charge in [-0.2, -0.15) is 0 Å². The highest BCUT2D eigenvalue weighted by atomic mass is 16.5. The number of methoxy groups -OCH3 is 2. The predicted octanol–water partition coefficient (Wildman–Crippen LogP) is 3.88. The maximum Gasteiger partial charge on any atom is 0.127 e. The van der Waals surface area contributed by atoms with E-state index >= 15 is 0 Å². The van der Waals surface area contributed by atoms with Gasteiger partial charge in [0.1, 0.15) is 11.5 Å². The van der Waals surface area contributed by atoms with E-state index in [-0.39, 0.29) is 6.04 Å². The molecule has 0 N–H and O–H groups in total. The Kier molecular flexibility index (Phi) is 4.77. The zero-order chi connectivity index (χ0) is 14.4. The summed E-state index contributed by atoms with van der Waals surface area (Å²) in [5.41, 5.74) is 2.13. The molecule has 0 unspecified atom stereocenters. The van der Waals surface area contributed by atoms with Crippen LogP contribution in [-0.2, 0) is 0 Å². The van der Waals surface area contributed by atoms with Gasteiger partial charge in [-0.15, -0.1) is 0 Å². The van der Waals surface area contributed by atoms with Gasteiger partial charge in [-0.05, 0) is 24.6 Å². The first-order valence-electron chi connectivity index (χ1n) is 6.54. The van der Waals surface area contributed by atoms with Gasteiger partial charge in [0.15, 0.2) is 0 Å². The summed E-state index contributed by atoms with van der Waals surface area (Å²) in [6.45, 7) is 2.05. The third-order valence-electron chi connectivity index (χ3n) is 3.14. The van der Waals surface area contributed by atoms with Gasteiger partial charge < -0.3 is 9.47 Å². The summed E-state index contributed by atoms with van der Waals surface area (Å²) in [6, 6.07) is 15.9. The molecule has 3 nitrogen and oxygen atoms in total. The van der Waals surface area contributed by atoms with Crippen LogP contribution in [0.4, 0.5) is 0 Å². The molecule has 0 aliphatic heterocycles. The monoisotopic (exact) mass is 269 g/mol. The molecule has 0 fully saturated rings. The first-order chi connectivity index (χ1) is 9.74. The quantitative estimate of drug-likeness (QED) is 0.771. The first-order valence-corrected chi connectivity index (χ1v) is 6.54. The zero-order valence-electron chi connectivity index (χ0n) is 12.0. The topological polar surface area (TPSA) is 30.8 Å². The fourth-order valence-electron chi connectivity index (χ4n) is 1.98. The van der Waals surface area contributed by atoms with E-state index in [4.69, 9.17) is 9.47 Å². The lowest BCUT2D eigenvalue weighted by atomic mass is 10.1. The predicted molar refractivity (Wildman–Crippen MR) is 82.0 cm³/mol. The van der Waals surface area contributed by atoms with E-state index < -0.39 is 0 Å². The largest absolute Gasteiger partial charge is 0.497 e. The van der Waals surface area contributed by atoms with E-state index in [2.05, 4.69) is 4.99 Å². The Morgan fingerprint density at radius 1 is 1.00 bits per heavy atom. The molecule has 0 aliphatic carbocycles. The van der Waals surface area contributed by atoms with Crippen molar-refractivity contribution >= 4 is 6.21 Å². The van der Waals surface area contributed by atoms with Crippen LogP contribution in [0.1, 0.15) is 24.1 Å². The summed E-state index contributed by atoms with van der Waals surface area (Å²) in [5, 5.41) is 0. The summed E-state index contributed by atoms with van der Waals surface area (Å²) < 4.78 is 10.6. The lowest BCUT2D eigenvalue weighted by molar-refractivity contribution is 0.389. The van der Waals surface area contributed by atoms with Crippen LogP contribution in [0.5, 0.6) is 11.5 Å². The Bertz CT molecular complexity index is 579. The Hall–Kier alpha value is -2.29. The molecule has 2 rings (SSSR count).